The molecule has 162 valence electrons. The number of hydrogen-bond donors (Lipinski definition) is 3. The van der Waals surface area contributed by atoms with E-state index in [0.717, 1.165) is 48.0 Å². The zero-order chi connectivity index (χ0) is 21.6. The van der Waals surface area contributed by atoms with Gasteiger partial charge in [-0.05, 0) is 54.7 Å². The Bertz CT molecular complexity index is 1090. The molecule has 1 aromatic heterocycles. The van der Waals surface area contributed by atoms with Gasteiger partial charge in [0, 0.05) is 55.9 Å². The van der Waals surface area contributed by atoms with E-state index in [0.29, 0.717) is 25.5 Å². The molecule has 0 aliphatic carbocycles. The molecule has 1 aliphatic rings. The van der Waals surface area contributed by atoms with Crippen molar-refractivity contribution in [3.63, 3.8) is 0 Å². The maximum absolute atomic E-state index is 13.3. The molecule has 2 heterocycles. The summed E-state index contributed by atoms with van der Waals surface area (Å²) in [6.45, 7) is 2.15. The number of aromatic amines is 1. The van der Waals surface area contributed by atoms with Crippen molar-refractivity contribution in [1.29, 1.82) is 0 Å². The quantitative estimate of drug-likeness (QED) is 0.311. The monoisotopic (exact) mass is 421 g/mol. The molecule has 0 saturated carbocycles. The average molecular weight is 422 g/mol. The number of benzene rings is 2. The van der Waals surface area contributed by atoms with Gasteiger partial charge in [-0.1, -0.05) is 18.2 Å². The number of fused-ring (bicyclic) bond motifs is 2. The van der Waals surface area contributed by atoms with Gasteiger partial charge in [0.1, 0.15) is 5.82 Å². The van der Waals surface area contributed by atoms with Crippen molar-refractivity contribution in [3.8, 4) is 0 Å². The first-order chi connectivity index (χ1) is 15.2. The minimum Gasteiger partial charge on any atom is -0.361 e. The number of halogens is 1. The van der Waals surface area contributed by atoms with Crippen LogP contribution in [0.2, 0.25) is 0 Å². The molecule has 0 atom stereocenters. The molecule has 0 saturated heterocycles. The molecule has 31 heavy (non-hydrogen) atoms. The number of amides is 1. The summed E-state index contributed by atoms with van der Waals surface area (Å²) in [5.74, 6) is 0.645. The molecule has 0 bridgehead atoms. The third kappa shape index (κ3) is 4.87. The van der Waals surface area contributed by atoms with Crippen molar-refractivity contribution in [2.75, 3.05) is 31.6 Å². The highest BCUT2D eigenvalue weighted by molar-refractivity contribution is 5.95. The van der Waals surface area contributed by atoms with Gasteiger partial charge in [-0.3, -0.25) is 9.79 Å². The molecule has 4 rings (SSSR count). The van der Waals surface area contributed by atoms with Crippen molar-refractivity contribution >= 4 is 28.5 Å². The number of carbonyl (C=O) groups is 1. The standard InChI is InChI=1S/C24H28FN5O/c1-26-24(28-13-10-18-16-29-21-15-19(25)8-9-20(18)21)27-12-4-7-23(31)30-14-11-17-5-2-3-6-22(17)30/h2-3,5-6,8-9,15-16,29H,4,7,10-14H2,1H3,(H2,26,27,28). The first-order valence-electron chi connectivity index (χ1n) is 10.7. The van der Waals surface area contributed by atoms with Gasteiger partial charge in [0.05, 0.1) is 0 Å². The number of guanidine groups is 1. The van der Waals surface area contributed by atoms with Crippen LogP contribution in [0.3, 0.4) is 0 Å². The van der Waals surface area contributed by atoms with Crippen LogP contribution in [0.25, 0.3) is 10.9 Å². The first kappa shape index (κ1) is 20.9. The van der Waals surface area contributed by atoms with Crippen LogP contribution in [0, 0.1) is 5.82 Å². The van der Waals surface area contributed by atoms with Crippen LogP contribution < -0.4 is 15.5 Å². The van der Waals surface area contributed by atoms with Gasteiger partial charge in [-0.25, -0.2) is 4.39 Å². The summed E-state index contributed by atoms with van der Waals surface area (Å²) < 4.78 is 13.3. The van der Waals surface area contributed by atoms with Gasteiger partial charge >= 0.3 is 0 Å². The van der Waals surface area contributed by atoms with Crippen molar-refractivity contribution in [1.82, 2.24) is 15.6 Å². The van der Waals surface area contributed by atoms with Gasteiger partial charge in [0.2, 0.25) is 5.91 Å². The molecule has 1 aliphatic heterocycles. The molecule has 0 fully saturated rings. The van der Waals surface area contributed by atoms with E-state index in [1.807, 2.05) is 29.3 Å². The molecule has 7 heteroatoms. The molecule has 6 nitrogen and oxygen atoms in total. The van der Waals surface area contributed by atoms with Crippen molar-refractivity contribution < 1.29 is 9.18 Å². The van der Waals surface area contributed by atoms with Crippen molar-refractivity contribution in [2.24, 2.45) is 4.99 Å². The molecule has 0 spiro atoms. The minimum absolute atomic E-state index is 0.172. The number of hydrogen-bond acceptors (Lipinski definition) is 2. The topological polar surface area (TPSA) is 72.5 Å². The Kier molecular flexibility index (Phi) is 6.50. The molecular weight excluding hydrogens is 393 g/mol. The number of nitrogens with one attached hydrogen (secondary N) is 3. The summed E-state index contributed by atoms with van der Waals surface area (Å²) >= 11 is 0. The summed E-state index contributed by atoms with van der Waals surface area (Å²) in [4.78, 5) is 21.8. The second-order valence-electron chi connectivity index (χ2n) is 7.71. The molecule has 0 unspecified atom stereocenters. The van der Waals surface area contributed by atoms with E-state index >= 15 is 0 Å². The number of H-pyrrole nitrogens is 1. The van der Waals surface area contributed by atoms with Gasteiger partial charge in [-0.15, -0.1) is 0 Å². The van der Waals surface area contributed by atoms with Gasteiger partial charge in [0.15, 0.2) is 5.96 Å². The van der Waals surface area contributed by atoms with Crippen LogP contribution in [0.1, 0.15) is 24.0 Å². The van der Waals surface area contributed by atoms with E-state index in [1.165, 1.54) is 17.7 Å². The number of carbonyl (C=O) groups excluding carboxylic acids is 1. The number of anilines is 1. The summed E-state index contributed by atoms with van der Waals surface area (Å²) in [7, 11) is 1.73. The lowest BCUT2D eigenvalue weighted by atomic mass is 10.1. The Morgan fingerprint density at radius 3 is 2.90 bits per heavy atom. The summed E-state index contributed by atoms with van der Waals surface area (Å²) in [5, 5.41) is 7.60. The second kappa shape index (κ2) is 9.64. The zero-order valence-corrected chi connectivity index (χ0v) is 17.7. The fourth-order valence-corrected chi connectivity index (χ4v) is 4.08. The van der Waals surface area contributed by atoms with Gasteiger partial charge in [0.25, 0.3) is 0 Å². The molecule has 0 radical (unpaired) electrons. The Balaban J connectivity index is 1.18. The molecule has 2 aromatic carbocycles. The molecule has 3 aromatic rings. The number of aromatic nitrogens is 1. The largest absolute Gasteiger partial charge is 0.361 e. The summed E-state index contributed by atoms with van der Waals surface area (Å²) in [6, 6.07) is 12.9. The number of nitrogens with zero attached hydrogens (tertiary/aromatic N) is 2. The third-order valence-corrected chi connectivity index (χ3v) is 5.69. The summed E-state index contributed by atoms with van der Waals surface area (Å²) in [6.07, 6.45) is 4.89. The number of aliphatic imine (C=N–C) groups is 1. The fraction of sp³-hybridized carbons (Fsp3) is 0.333. The van der Waals surface area contributed by atoms with E-state index in [4.69, 9.17) is 0 Å². The van der Waals surface area contributed by atoms with Gasteiger partial charge < -0.3 is 20.5 Å². The predicted octanol–water partition coefficient (Wildman–Crippen LogP) is 3.38. The average Bonchev–Trinajstić information content (AvgIpc) is 3.39. The van der Waals surface area contributed by atoms with E-state index in [9.17, 15) is 9.18 Å². The van der Waals surface area contributed by atoms with Gasteiger partial charge in [-0.2, -0.15) is 0 Å². The second-order valence-corrected chi connectivity index (χ2v) is 7.71. The maximum Gasteiger partial charge on any atom is 0.227 e. The number of rotatable bonds is 7. The fourth-order valence-electron chi connectivity index (χ4n) is 4.08. The lowest BCUT2D eigenvalue weighted by molar-refractivity contribution is -0.118. The van der Waals surface area contributed by atoms with E-state index in [-0.39, 0.29) is 11.7 Å². The van der Waals surface area contributed by atoms with Crippen molar-refractivity contribution in [2.45, 2.75) is 25.7 Å². The normalized spacial score (nSPS) is 13.5. The molecular formula is C24H28FN5O. The lowest BCUT2D eigenvalue weighted by Crippen LogP contribution is -2.39. The van der Waals surface area contributed by atoms with E-state index in [2.05, 4.69) is 26.7 Å². The maximum atomic E-state index is 13.3. The van der Waals surface area contributed by atoms with Crippen LogP contribution >= 0.6 is 0 Å². The first-order valence-corrected chi connectivity index (χ1v) is 10.7. The van der Waals surface area contributed by atoms with Crippen molar-refractivity contribution in [3.05, 3.63) is 65.6 Å². The SMILES string of the molecule is CN=C(NCCCC(=O)N1CCc2ccccc21)NCCc1c[nH]c2cc(F)ccc12. The minimum atomic E-state index is -0.240. The Morgan fingerprint density at radius 2 is 2.03 bits per heavy atom. The van der Waals surface area contributed by atoms with Crippen LogP contribution in [-0.2, 0) is 17.6 Å². The molecule has 3 N–H and O–H groups in total. The smallest absolute Gasteiger partial charge is 0.227 e. The highest BCUT2D eigenvalue weighted by Gasteiger charge is 2.23. The van der Waals surface area contributed by atoms with E-state index < -0.39 is 0 Å². The highest BCUT2D eigenvalue weighted by atomic mass is 19.1. The highest BCUT2D eigenvalue weighted by Crippen LogP contribution is 2.28. The number of para-hydroxylation sites is 1. The third-order valence-electron chi connectivity index (χ3n) is 5.69. The Labute approximate surface area is 181 Å². The molecule has 1 amide bonds. The Hall–Kier alpha value is -3.35. The Morgan fingerprint density at radius 1 is 1.19 bits per heavy atom. The predicted molar refractivity (Wildman–Crippen MR) is 123 cm³/mol. The van der Waals surface area contributed by atoms with Crippen LogP contribution in [0.15, 0.2) is 53.7 Å². The van der Waals surface area contributed by atoms with E-state index in [1.54, 1.807) is 13.1 Å². The lowest BCUT2D eigenvalue weighted by Gasteiger charge is -2.17. The van der Waals surface area contributed by atoms with Crippen LogP contribution in [0.5, 0.6) is 0 Å². The zero-order valence-electron chi connectivity index (χ0n) is 17.7. The van der Waals surface area contributed by atoms with Crippen LogP contribution in [-0.4, -0.2) is 43.5 Å². The van der Waals surface area contributed by atoms with Crippen LogP contribution in [0.4, 0.5) is 10.1 Å². The summed E-state index contributed by atoms with van der Waals surface area (Å²) in [5.41, 5.74) is 4.24.